The summed E-state index contributed by atoms with van der Waals surface area (Å²) in [6.07, 6.45) is 6.17. The summed E-state index contributed by atoms with van der Waals surface area (Å²) in [6, 6.07) is 4.94. The van der Waals surface area contributed by atoms with Gasteiger partial charge >= 0.3 is 0 Å². The molecule has 1 aliphatic carbocycles. The molecule has 0 saturated carbocycles. The number of fused-ring (bicyclic) bond motifs is 1. The second kappa shape index (κ2) is 4.46. The SMILES string of the molecule is CCn1ccnc1CC1(N)CCc2cc(F)ccc21. The first kappa shape index (κ1) is 12.4. The number of hydrogen-bond acceptors (Lipinski definition) is 2. The lowest BCUT2D eigenvalue weighted by Crippen LogP contribution is -2.37. The van der Waals surface area contributed by atoms with Gasteiger partial charge in [-0.15, -0.1) is 0 Å². The van der Waals surface area contributed by atoms with Crippen LogP contribution in [0.2, 0.25) is 0 Å². The van der Waals surface area contributed by atoms with E-state index in [0.717, 1.165) is 36.3 Å². The van der Waals surface area contributed by atoms with Crippen molar-refractivity contribution < 1.29 is 4.39 Å². The van der Waals surface area contributed by atoms with E-state index in [1.54, 1.807) is 6.07 Å². The van der Waals surface area contributed by atoms with Gasteiger partial charge in [-0.2, -0.15) is 0 Å². The quantitative estimate of drug-likeness (QED) is 0.919. The predicted octanol–water partition coefficient (Wildman–Crippen LogP) is 2.39. The fourth-order valence-electron chi connectivity index (χ4n) is 3.01. The molecule has 0 saturated heterocycles. The van der Waals surface area contributed by atoms with Crippen LogP contribution < -0.4 is 5.73 Å². The van der Waals surface area contributed by atoms with Gasteiger partial charge in [0.05, 0.1) is 0 Å². The maximum atomic E-state index is 13.3. The summed E-state index contributed by atoms with van der Waals surface area (Å²) >= 11 is 0. The first-order valence-corrected chi connectivity index (χ1v) is 6.70. The van der Waals surface area contributed by atoms with Crippen LogP contribution in [0.5, 0.6) is 0 Å². The van der Waals surface area contributed by atoms with Gasteiger partial charge in [0.25, 0.3) is 0 Å². The Kier molecular flexibility index (Phi) is 2.90. The van der Waals surface area contributed by atoms with E-state index in [2.05, 4.69) is 16.5 Å². The molecule has 1 aliphatic rings. The molecule has 0 amide bonds. The average Bonchev–Trinajstić information content (AvgIpc) is 2.95. The summed E-state index contributed by atoms with van der Waals surface area (Å²) in [7, 11) is 0. The molecule has 1 aromatic heterocycles. The highest BCUT2D eigenvalue weighted by molar-refractivity contribution is 5.39. The van der Waals surface area contributed by atoms with Crippen molar-refractivity contribution in [2.24, 2.45) is 5.73 Å². The van der Waals surface area contributed by atoms with Gasteiger partial charge < -0.3 is 10.3 Å². The van der Waals surface area contributed by atoms with Crippen LogP contribution in [0.25, 0.3) is 0 Å². The molecule has 3 rings (SSSR count). The smallest absolute Gasteiger partial charge is 0.123 e. The number of aromatic nitrogens is 2. The summed E-state index contributed by atoms with van der Waals surface area (Å²) in [4.78, 5) is 4.40. The number of aryl methyl sites for hydroxylation is 2. The second-order valence-electron chi connectivity index (χ2n) is 5.26. The average molecular weight is 259 g/mol. The first-order valence-electron chi connectivity index (χ1n) is 6.70. The summed E-state index contributed by atoms with van der Waals surface area (Å²) in [5.41, 5.74) is 8.25. The van der Waals surface area contributed by atoms with Crippen molar-refractivity contribution in [1.82, 2.24) is 9.55 Å². The number of nitrogens with zero attached hydrogens (tertiary/aromatic N) is 2. The minimum Gasteiger partial charge on any atom is -0.335 e. The van der Waals surface area contributed by atoms with Crippen molar-refractivity contribution in [3.63, 3.8) is 0 Å². The number of rotatable bonds is 3. The van der Waals surface area contributed by atoms with E-state index in [4.69, 9.17) is 5.73 Å². The lowest BCUT2D eigenvalue weighted by molar-refractivity contribution is 0.420. The molecule has 0 aliphatic heterocycles. The number of halogens is 1. The van der Waals surface area contributed by atoms with E-state index in [-0.39, 0.29) is 5.82 Å². The van der Waals surface area contributed by atoms with Crippen molar-refractivity contribution in [1.29, 1.82) is 0 Å². The van der Waals surface area contributed by atoms with Gasteiger partial charge in [0.1, 0.15) is 11.6 Å². The van der Waals surface area contributed by atoms with Crippen LogP contribution >= 0.6 is 0 Å². The van der Waals surface area contributed by atoms with E-state index >= 15 is 0 Å². The third-order valence-electron chi connectivity index (χ3n) is 4.06. The van der Waals surface area contributed by atoms with Crippen molar-refractivity contribution in [2.75, 3.05) is 0 Å². The molecule has 4 heteroatoms. The zero-order chi connectivity index (χ0) is 13.5. The highest BCUT2D eigenvalue weighted by atomic mass is 19.1. The van der Waals surface area contributed by atoms with Crippen LogP contribution in [-0.2, 0) is 24.9 Å². The topological polar surface area (TPSA) is 43.8 Å². The summed E-state index contributed by atoms with van der Waals surface area (Å²) in [5, 5.41) is 0. The number of benzene rings is 1. The van der Waals surface area contributed by atoms with Crippen LogP contribution in [0.1, 0.15) is 30.3 Å². The van der Waals surface area contributed by atoms with Gasteiger partial charge in [0.15, 0.2) is 0 Å². The predicted molar refractivity (Wildman–Crippen MR) is 72.2 cm³/mol. The molecule has 1 aromatic carbocycles. The van der Waals surface area contributed by atoms with Crippen LogP contribution in [0.4, 0.5) is 4.39 Å². The largest absolute Gasteiger partial charge is 0.335 e. The van der Waals surface area contributed by atoms with E-state index in [1.807, 2.05) is 18.5 Å². The molecule has 0 bridgehead atoms. The minimum atomic E-state index is -0.415. The Bertz CT molecular complexity index is 605. The third kappa shape index (κ3) is 2.06. The highest BCUT2D eigenvalue weighted by Crippen LogP contribution is 2.37. The van der Waals surface area contributed by atoms with Gasteiger partial charge in [-0.25, -0.2) is 9.37 Å². The molecule has 2 aromatic rings. The van der Waals surface area contributed by atoms with Gasteiger partial charge in [-0.3, -0.25) is 0 Å². The first-order chi connectivity index (χ1) is 9.12. The second-order valence-corrected chi connectivity index (χ2v) is 5.26. The molecule has 19 heavy (non-hydrogen) atoms. The van der Waals surface area contributed by atoms with Crippen molar-refractivity contribution in [3.8, 4) is 0 Å². The number of nitrogens with two attached hydrogens (primary N) is 1. The van der Waals surface area contributed by atoms with E-state index in [0.29, 0.717) is 6.42 Å². The molecule has 2 N–H and O–H groups in total. The van der Waals surface area contributed by atoms with Gasteiger partial charge in [0.2, 0.25) is 0 Å². The molecule has 3 nitrogen and oxygen atoms in total. The van der Waals surface area contributed by atoms with Crippen molar-refractivity contribution >= 4 is 0 Å². The van der Waals surface area contributed by atoms with Crippen LogP contribution in [0.15, 0.2) is 30.6 Å². The molecule has 1 heterocycles. The Labute approximate surface area is 112 Å². The fourth-order valence-corrected chi connectivity index (χ4v) is 3.01. The van der Waals surface area contributed by atoms with Gasteiger partial charge in [-0.1, -0.05) is 6.07 Å². The molecule has 1 unspecified atom stereocenters. The molecular formula is C15H18FN3. The Morgan fingerprint density at radius 3 is 3.11 bits per heavy atom. The molecule has 1 atom stereocenters. The number of imidazole rings is 1. The molecular weight excluding hydrogens is 241 g/mol. The van der Waals surface area contributed by atoms with Crippen molar-refractivity contribution in [3.05, 3.63) is 53.4 Å². The van der Waals surface area contributed by atoms with Crippen LogP contribution in [0, 0.1) is 5.82 Å². The Balaban J connectivity index is 1.94. The minimum absolute atomic E-state index is 0.182. The van der Waals surface area contributed by atoms with Crippen molar-refractivity contribution in [2.45, 2.75) is 38.3 Å². The van der Waals surface area contributed by atoms with Crippen LogP contribution in [-0.4, -0.2) is 9.55 Å². The van der Waals surface area contributed by atoms with Crippen LogP contribution in [0.3, 0.4) is 0 Å². The Morgan fingerprint density at radius 1 is 1.47 bits per heavy atom. The normalized spacial score (nSPS) is 21.6. The summed E-state index contributed by atoms with van der Waals surface area (Å²) in [5.74, 6) is 0.820. The monoisotopic (exact) mass is 259 g/mol. The zero-order valence-electron chi connectivity index (χ0n) is 11.1. The highest BCUT2D eigenvalue weighted by Gasteiger charge is 2.36. The van der Waals surface area contributed by atoms with E-state index < -0.39 is 5.54 Å². The molecule has 0 spiro atoms. The maximum Gasteiger partial charge on any atom is 0.123 e. The maximum absolute atomic E-state index is 13.3. The summed E-state index contributed by atoms with van der Waals surface area (Å²) in [6.45, 7) is 2.98. The number of hydrogen-bond donors (Lipinski definition) is 1. The third-order valence-corrected chi connectivity index (χ3v) is 4.06. The summed E-state index contributed by atoms with van der Waals surface area (Å²) < 4.78 is 15.4. The lowest BCUT2D eigenvalue weighted by Gasteiger charge is -2.25. The Hall–Kier alpha value is -1.68. The zero-order valence-corrected chi connectivity index (χ0v) is 11.1. The lowest BCUT2D eigenvalue weighted by atomic mass is 9.89. The van der Waals surface area contributed by atoms with Gasteiger partial charge in [0, 0.05) is 30.9 Å². The van der Waals surface area contributed by atoms with E-state index in [1.165, 1.54) is 6.07 Å². The molecule has 0 fully saturated rings. The molecule has 0 radical (unpaired) electrons. The molecule has 100 valence electrons. The van der Waals surface area contributed by atoms with Gasteiger partial charge in [-0.05, 0) is 43.0 Å². The van der Waals surface area contributed by atoms with E-state index in [9.17, 15) is 4.39 Å². The Morgan fingerprint density at radius 2 is 2.32 bits per heavy atom. The fraction of sp³-hybridized carbons (Fsp3) is 0.400. The standard InChI is InChI=1S/C15H18FN3/c1-2-19-8-7-18-14(19)10-15(17)6-5-11-9-12(16)3-4-13(11)15/h3-4,7-9H,2,5-6,10,17H2,1H3.